The number of rotatable bonds is 13. The maximum absolute atomic E-state index is 13.5. The highest BCUT2D eigenvalue weighted by Gasteiger charge is 2.24. The Morgan fingerprint density at radius 3 is 2.42 bits per heavy atom. The highest BCUT2D eigenvalue weighted by molar-refractivity contribution is 7.92. The van der Waals surface area contributed by atoms with Gasteiger partial charge in [0.05, 0.1) is 17.4 Å². The van der Waals surface area contributed by atoms with Crippen molar-refractivity contribution >= 4 is 27.3 Å². The Hall–Kier alpha value is -4.24. The number of hydrogen-bond donors (Lipinski definition) is 4. The summed E-state index contributed by atoms with van der Waals surface area (Å²) in [7, 11) is -4.22. The number of amides is 1. The summed E-state index contributed by atoms with van der Waals surface area (Å²) in [5.41, 5.74) is 8.20. The zero-order chi connectivity index (χ0) is 27.9. The van der Waals surface area contributed by atoms with E-state index in [2.05, 4.69) is 23.2 Å². The summed E-state index contributed by atoms with van der Waals surface area (Å²) in [5, 5.41) is 13.4. The fourth-order valence-electron chi connectivity index (χ4n) is 3.89. The number of phenols is 1. The van der Waals surface area contributed by atoms with Crippen LogP contribution in [0.3, 0.4) is 0 Å². The quantitative estimate of drug-likeness (QED) is 0.224. The highest BCUT2D eigenvalue weighted by Crippen LogP contribution is 2.33. The van der Waals surface area contributed by atoms with E-state index in [1.165, 1.54) is 6.07 Å². The predicted molar refractivity (Wildman–Crippen MR) is 151 cm³/mol. The first kappa shape index (κ1) is 28.3. The van der Waals surface area contributed by atoms with Gasteiger partial charge in [-0.2, -0.15) is 0 Å². The minimum Gasteiger partial charge on any atom is -0.507 e. The monoisotopic (exact) mass is 535 g/mol. The van der Waals surface area contributed by atoms with Gasteiger partial charge in [0, 0.05) is 18.3 Å². The van der Waals surface area contributed by atoms with Crippen molar-refractivity contribution in [2.75, 3.05) is 10.0 Å². The van der Waals surface area contributed by atoms with Crippen LogP contribution in [-0.4, -0.2) is 25.5 Å². The highest BCUT2D eigenvalue weighted by atomic mass is 32.2. The molecule has 200 valence electrons. The maximum Gasteiger partial charge on any atom is 0.263 e. The van der Waals surface area contributed by atoms with E-state index in [1.54, 1.807) is 30.4 Å². The Labute approximate surface area is 223 Å². The van der Waals surface area contributed by atoms with Crippen LogP contribution in [0.2, 0.25) is 0 Å². The van der Waals surface area contributed by atoms with Crippen molar-refractivity contribution in [3.8, 4) is 11.5 Å². The molecule has 0 radical (unpaired) electrons. The van der Waals surface area contributed by atoms with Crippen LogP contribution < -0.4 is 20.5 Å². The van der Waals surface area contributed by atoms with Gasteiger partial charge in [-0.15, -0.1) is 13.2 Å². The summed E-state index contributed by atoms with van der Waals surface area (Å²) < 4.78 is 35.5. The Bertz CT molecular complexity index is 1450. The van der Waals surface area contributed by atoms with Crippen LogP contribution in [0.1, 0.15) is 40.9 Å². The fraction of sp³-hybridized carbons (Fsp3) is 0.207. The van der Waals surface area contributed by atoms with Crippen LogP contribution >= 0.6 is 0 Å². The Balaban J connectivity index is 1.98. The lowest BCUT2D eigenvalue weighted by Gasteiger charge is -2.18. The summed E-state index contributed by atoms with van der Waals surface area (Å²) in [6, 6.07) is 14.9. The first-order valence-corrected chi connectivity index (χ1v) is 13.5. The molecule has 0 fully saturated rings. The molecule has 9 heteroatoms. The third-order valence-corrected chi connectivity index (χ3v) is 6.97. The number of carbonyl (C=O) groups is 1. The van der Waals surface area contributed by atoms with Crippen molar-refractivity contribution in [2.45, 2.75) is 44.2 Å². The molecule has 0 unspecified atom stereocenters. The van der Waals surface area contributed by atoms with Gasteiger partial charge < -0.3 is 20.9 Å². The van der Waals surface area contributed by atoms with E-state index >= 15 is 0 Å². The number of benzene rings is 3. The van der Waals surface area contributed by atoms with Crippen molar-refractivity contribution in [3.05, 3.63) is 102 Å². The summed E-state index contributed by atoms with van der Waals surface area (Å²) in [6.07, 6.45) is 4.61. The molecular weight excluding hydrogens is 502 g/mol. The van der Waals surface area contributed by atoms with Gasteiger partial charge in [-0.1, -0.05) is 36.4 Å². The SMILES string of the molecule is C=CCc1cccc(CNc2cc(O)c(C(N)=O)cc2S(=O)(=O)Nc2ccc(OC(C)C)c(CC=C)c2)c1. The summed E-state index contributed by atoms with van der Waals surface area (Å²) >= 11 is 0. The molecule has 0 saturated carbocycles. The Morgan fingerprint density at radius 1 is 1.05 bits per heavy atom. The zero-order valence-electron chi connectivity index (χ0n) is 21.5. The van der Waals surface area contributed by atoms with E-state index in [9.17, 15) is 18.3 Å². The van der Waals surface area contributed by atoms with E-state index in [4.69, 9.17) is 10.5 Å². The second-order valence-corrected chi connectivity index (χ2v) is 10.6. The third-order valence-electron chi connectivity index (χ3n) is 5.55. The lowest BCUT2D eigenvalue weighted by Crippen LogP contribution is -2.18. The summed E-state index contributed by atoms with van der Waals surface area (Å²) in [6.45, 7) is 11.6. The molecule has 0 atom stereocenters. The van der Waals surface area contributed by atoms with Crippen LogP contribution in [0.25, 0.3) is 0 Å². The van der Waals surface area contributed by atoms with Gasteiger partial charge in [0.25, 0.3) is 15.9 Å². The molecule has 0 heterocycles. The number of aromatic hydroxyl groups is 1. The Morgan fingerprint density at radius 2 is 1.76 bits per heavy atom. The summed E-state index contributed by atoms with van der Waals surface area (Å²) in [5.74, 6) is -0.751. The molecule has 0 saturated heterocycles. The number of nitrogens with one attached hydrogen (secondary N) is 2. The number of anilines is 2. The van der Waals surface area contributed by atoms with E-state index < -0.39 is 21.7 Å². The molecule has 0 aliphatic rings. The van der Waals surface area contributed by atoms with Gasteiger partial charge in [0.2, 0.25) is 0 Å². The topological polar surface area (TPSA) is 131 Å². The molecule has 0 bridgehead atoms. The van der Waals surface area contributed by atoms with Crippen LogP contribution in [0.4, 0.5) is 11.4 Å². The second kappa shape index (κ2) is 12.3. The van der Waals surface area contributed by atoms with Crippen LogP contribution in [-0.2, 0) is 29.4 Å². The number of nitrogens with two attached hydrogens (primary N) is 1. The molecule has 0 aromatic heterocycles. The van der Waals surface area contributed by atoms with Crippen molar-refractivity contribution in [1.82, 2.24) is 0 Å². The maximum atomic E-state index is 13.5. The van der Waals surface area contributed by atoms with Gasteiger partial charge in [-0.05, 0) is 67.6 Å². The molecule has 5 N–H and O–H groups in total. The van der Waals surface area contributed by atoms with Gasteiger partial charge in [-0.3, -0.25) is 9.52 Å². The number of primary amides is 1. The number of sulfonamides is 1. The molecule has 8 nitrogen and oxygen atoms in total. The smallest absolute Gasteiger partial charge is 0.263 e. The largest absolute Gasteiger partial charge is 0.507 e. The number of allylic oxidation sites excluding steroid dienone is 2. The lowest BCUT2D eigenvalue weighted by atomic mass is 10.1. The number of ether oxygens (including phenoxy) is 1. The van der Waals surface area contributed by atoms with Gasteiger partial charge in [0.15, 0.2) is 0 Å². The molecule has 3 aromatic rings. The molecule has 0 aliphatic heterocycles. The minimum atomic E-state index is -4.22. The van der Waals surface area contributed by atoms with E-state index in [0.717, 1.165) is 22.8 Å². The standard InChI is InChI=1S/C29H33N3O5S/c1-5-8-20-10-7-11-21(14-20)18-31-25-17-26(33)24(29(30)34)16-28(25)38(35,36)32-23-12-13-27(37-19(3)4)22(15-23)9-6-2/h5-7,10-17,19,31-33H,1-2,8-9,18H2,3-4H3,(H2,30,34). The van der Waals surface area contributed by atoms with Gasteiger partial charge in [-0.25, -0.2) is 8.42 Å². The molecule has 1 amide bonds. The van der Waals surface area contributed by atoms with Crippen molar-refractivity contribution in [3.63, 3.8) is 0 Å². The molecular formula is C29H33N3O5S. The zero-order valence-corrected chi connectivity index (χ0v) is 22.3. The predicted octanol–water partition coefficient (Wildman–Crippen LogP) is 5.15. The first-order valence-electron chi connectivity index (χ1n) is 12.1. The minimum absolute atomic E-state index is 0.0589. The van der Waals surface area contributed by atoms with E-state index in [1.807, 2.05) is 38.1 Å². The van der Waals surface area contributed by atoms with Gasteiger partial charge >= 0.3 is 0 Å². The first-order chi connectivity index (χ1) is 18.0. The molecule has 0 aliphatic carbocycles. The molecule has 38 heavy (non-hydrogen) atoms. The van der Waals surface area contributed by atoms with Gasteiger partial charge in [0.1, 0.15) is 16.4 Å². The van der Waals surface area contributed by atoms with Crippen LogP contribution in [0.15, 0.2) is 84.8 Å². The lowest BCUT2D eigenvalue weighted by molar-refractivity contribution is 0.0997. The number of carbonyl (C=O) groups excluding carboxylic acids is 1. The molecule has 3 rings (SSSR count). The van der Waals surface area contributed by atoms with Crippen molar-refractivity contribution in [2.24, 2.45) is 5.73 Å². The van der Waals surface area contributed by atoms with E-state index in [0.29, 0.717) is 24.3 Å². The third kappa shape index (κ3) is 7.17. The molecule has 3 aromatic carbocycles. The average Bonchev–Trinajstić information content (AvgIpc) is 2.84. The van der Waals surface area contributed by atoms with Crippen LogP contribution in [0.5, 0.6) is 11.5 Å². The van der Waals surface area contributed by atoms with Crippen molar-refractivity contribution in [1.29, 1.82) is 0 Å². The fourth-order valence-corrected chi connectivity index (χ4v) is 5.13. The van der Waals surface area contributed by atoms with Crippen LogP contribution in [0, 0.1) is 0 Å². The number of hydrogen-bond acceptors (Lipinski definition) is 6. The summed E-state index contributed by atoms with van der Waals surface area (Å²) in [4.78, 5) is 11.6. The Kier molecular flexibility index (Phi) is 9.20. The molecule has 0 spiro atoms. The average molecular weight is 536 g/mol. The van der Waals surface area contributed by atoms with E-state index in [-0.39, 0.29) is 28.8 Å². The second-order valence-electron chi connectivity index (χ2n) is 8.98. The van der Waals surface area contributed by atoms with Crippen molar-refractivity contribution < 1.29 is 23.1 Å². The normalized spacial score (nSPS) is 11.1.